The van der Waals surface area contributed by atoms with Gasteiger partial charge in [0.05, 0.1) is 17.7 Å². The quantitative estimate of drug-likeness (QED) is 0.642. The van der Waals surface area contributed by atoms with E-state index in [0.717, 1.165) is 16.4 Å². The molecule has 1 aromatic carbocycles. The molecule has 3 aromatic rings. The maximum absolute atomic E-state index is 12.0. The molecule has 2 aromatic heterocycles. The number of rotatable bonds is 2. The predicted octanol–water partition coefficient (Wildman–Crippen LogP) is 3.27. The molecule has 0 unspecified atom stereocenters. The monoisotopic (exact) mass is 239 g/mol. The first-order valence-corrected chi connectivity index (χ1v) is 5.97. The second-order valence-electron chi connectivity index (χ2n) is 4.10. The van der Waals surface area contributed by atoms with Crippen molar-refractivity contribution in [2.75, 3.05) is 6.61 Å². The standard InChI is InChI=1S/C15H13NO2/c1-2-18-15(17)13-10-11-6-5-9-16(11)14-8-4-3-7-12(13)14/h3-10H,2H2,1H3. The van der Waals surface area contributed by atoms with Gasteiger partial charge in [0, 0.05) is 17.1 Å². The van der Waals surface area contributed by atoms with Crippen LogP contribution in [0.4, 0.5) is 0 Å². The fraction of sp³-hybridized carbons (Fsp3) is 0.133. The maximum Gasteiger partial charge on any atom is 0.338 e. The highest BCUT2D eigenvalue weighted by Gasteiger charge is 2.13. The molecule has 0 spiro atoms. The molecule has 0 N–H and O–H groups in total. The summed E-state index contributed by atoms with van der Waals surface area (Å²) in [5.41, 5.74) is 2.64. The number of pyridine rings is 1. The molecule has 0 fully saturated rings. The lowest BCUT2D eigenvalue weighted by Gasteiger charge is -2.08. The predicted molar refractivity (Wildman–Crippen MR) is 70.9 cm³/mol. The van der Waals surface area contributed by atoms with Crippen LogP contribution in [-0.2, 0) is 4.74 Å². The Kier molecular flexibility index (Phi) is 2.52. The van der Waals surface area contributed by atoms with E-state index < -0.39 is 0 Å². The number of para-hydroxylation sites is 1. The van der Waals surface area contributed by atoms with Crippen LogP contribution in [0, 0.1) is 0 Å². The highest BCUT2D eigenvalue weighted by atomic mass is 16.5. The summed E-state index contributed by atoms with van der Waals surface area (Å²) in [6, 6.07) is 13.7. The summed E-state index contributed by atoms with van der Waals surface area (Å²) in [5, 5.41) is 0.916. The number of hydrogen-bond donors (Lipinski definition) is 0. The van der Waals surface area contributed by atoms with E-state index in [-0.39, 0.29) is 5.97 Å². The van der Waals surface area contributed by atoms with E-state index in [2.05, 4.69) is 4.40 Å². The smallest absolute Gasteiger partial charge is 0.338 e. The Morgan fingerprint density at radius 1 is 1.22 bits per heavy atom. The van der Waals surface area contributed by atoms with Crippen molar-refractivity contribution in [2.45, 2.75) is 6.92 Å². The lowest BCUT2D eigenvalue weighted by Crippen LogP contribution is -2.06. The van der Waals surface area contributed by atoms with Crippen LogP contribution in [0.15, 0.2) is 48.7 Å². The first-order valence-electron chi connectivity index (χ1n) is 5.97. The van der Waals surface area contributed by atoms with Crippen LogP contribution in [0.3, 0.4) is 0 Å². The van der Waals surface area contributed by atoms with Gasteiger partial charge in [-0.15, -0.1) is 0 Å². The van der Waals surface area contributed by atoms with Crippen LogP contribution < -0.4 is 0 Å². The molecule has 3 heteroatoms. The summed E-state index contributed by atoms with van der Waals surface area (Å²) in [7, 11) is 0. The zero-order valence-electron chi connectivity index (χ0n) is 10.1. The van der Waals surface area contributed by atoms with Gasteiger partial charge in [0.1, 0.15) is 0 Å². The van der Waals surface area contributed by atoms with Crippen molar-refractivity contribution in [1.82, 2.24) is 4.40 Å². The van der Waals surface area contributed by atoms with Crippen molar-refractivity contribution in [1.29, 1.82) is 0 Å². The van der Waals surface area contributed by atoms with E-state index in [1.165, 1.54) is 0 Å². The van der Waals surface area contributed by atoms with Gasteiger partial charge < -0.3 is 9.14 Å². The molecule has 2 heterocycles. The first kappa shape index (κ1) is 10.8. The third kappa shape index (κ3) is 1.56. The second-order valence-corrected chi connectivity index (χ2v) is 4.10. The van der Waals surface area contributed by atoms with Crippen molar-refractivity contribution < 1.29 is 9.53 Å². The highest BCUT2D eigenvalue weighted by Crippen LogP contribution is 2.23. The van der Waals surface area contributed by atoms with Gasteiger partial charge in [-0.2, -0.15) is 0 Å². The number of carbonyl (C=O) groups excluding carboxylic acids is 1. The largest absolute Gasteiger partial charge is 0.462 e. The molecule has 0 bridgehead atoms. The topological polar surface area (TPSA) is 30.7 Å². The summed E-state index contributed by atoms with van der Waals surface area (Å²) in [5.74, 6) is -0.266. The highest BCUT2D eigenvalue weighted by molar-refractivity contribution is 6.05. The van der Waals surface area contributed by atoms with E-state index in [1.54, 1.807) is 0 Å². The lowest BCUT2D eigenvalue weighted by molar-refractivity contribution is 0.0529. The molecular weight excluding hydrogens is 226 g/mol. The fourth-order valence-corrected chi connectivity index (χ4v) is 2.25. The van der Waals surface area contributed by atoms with Gasteiger partial charge >= 0.3 is 5.97 Å². The van der Waals surface area contributed by atoms with E-state index >= 15 is 0 Å². The zero-order valence-corrected chi connectivity index (χ0v) is 10.1. The Morgan fingerprint density at radius 3 is 2.89 bits per heavy atom. The van der Waals surface area contributed by atoms with Gasteiger partial charge in [-0.1, -0.05) is 18.2 Å². The minimum absolute atomic E-state index is 0.266. The average molecular weight is 239 g/mol. The van der Waals surface area contributed by atoms with Gasteiger partial charge in [-0.25, -0.2) is 4.79 Å². The van der Waals surface area contributed by atoms with Gasteiger partial charge in [-0.3, -0.25) is 0 Å². The molecule has 0 radical (unpaired) electrons. The van der Waals surface area contributed by atoms with Crippen LogP contribution in [0.2, 0.25) is 0 Å². The number of benzene rings is 1. The second kappa shape index (κ2) is 4.18. The lowest BCUT2D eigenvalue weighted by atomic mass is 10.1. The third-order valence-electron chi connectivity index (χ3n) is 3.02. The molecule has 0 aliphatic rings. The molecule has 3 nitrogen and oxygen atoms in total. The molecule has 90 valence electrons. The Morgan fingerprint density at radius 2 is 2.06 bits per heavy atom. The van der Waals surface area contributed by atoms with Gasteiger partial charge in [0.2, 0.25) is 0 Å². The van der Waals surface area contributed by atoms with E-state index in [0.29, 0.717) is 12.2 Å². The summed E-state index contributed by atoms with van der Waals surface area (Å²) < 4.78 is 7.18. The number of ether oxygens (including phenoxy) is 1. The SMILES string of the molecule is CCOC(=O)c1cc2cccn2c2ccccc12. The fourth-order valence-electron chi connectivity index (χ4n) is 2.25. The minimum Gasteiger partial charge on any atom is -0.462 e. The van der Waals surface area contributed by atoms with Gasteiger partial charge in [-0.05, 0) is 31.2 Å². The molecule has 0 atom stereocenters. The molecule has 0 saturated heterocycles. The van der Waals surface area contributed by atoms with Crippen molar-refractivity contribution in [3.05, 3.63) is 54.2 Å². The first-order chi connectivity index (χ1) is 8.81. The minimum atomic E-state index is -0.266. The normalized spacial score (nSPS) is 10.9. The zero-order chi connectivity index (χ0) is 12.5. The number of fused-ring (bicyclic) bond motifs is 3. The molecule has 0 aliphatic carbocycles. The van der Waals surface area contributed by atoms with Crippen LogP contribution >= 0.6 is 0 Å². The average Bonchev–Trinajstić information content (AvgIpc) is 2.86. The molecule has 0 amide bonds. The van der Waals surface area contributed by atoms with Crippen molar-refractivity contribution in [2.24, 2.45) is 0 Å². The Balaban J connectivity index is 2.37. The number of hydrogen-bond acceptors (Lipinski definition) is 2. The molecule has 3 rings (SSSR count). The van der Waals surface area contributed by atoms with E-state index in [4.69, 9.17) is 4.74 Å². The number of aromatic nitrogens is 1. The van der Waals surface area contributed by atoms with Crippen LogP contribution in [0.5, 0.6) is 0 Å². The van der Waals surface area contributed by atoms with Crippen molar-refractivity contribution in [3.8, 4) is 0 Å². The van der Waals surface area contributed by atoms with E-state index in [1.807, 2.05) is 55.6 Å². The molecule has 0 aliphatic heterocycles. The summed E-state index contributed by atoms with van der Waals surface area (Å²) in [6.45, 7) is 2.20. The number of nitrogens with zero attached hydrogens (tertiary/aromatic N) is 1. The third-order valence-corrected chi connectivity index (χ3v) is 3.02. The van der Waals surface area contributed by atoms with Gasteiger partial charge in [0.15, 0.2) is 0 Å². The van der Waals surface area contributed by atoms with Crippen molar-refractivity contribution >= 4 is 22.4 Å². The van der Waals surface area contributed by atoms with Crippen molar-refractivity contribution in [3.63, 3.8) is 0 Å². The van der Waals surface area contributed by atoms with Crippen LogP contribution in [-0.4, -0.2) is 17.0 Å². The summed E-state index contributed by atoms with van der Waals surface area (Å²) in [4.78, 5) is 12.0. The summed E-state index contributed by atoms with van der Waals surface area (Å²) >= 11 is 0. The molecular formula is C15H13NO2. The number of carbonyl (C=O) groups is 1. The van der Waals surface area contributed by atoms with Crippen LogP contribution in [0.1, 0.15) is 17.3 Å². The number of esters is 1. The Bertz CT molecular complexity index is 728. The van der Waals surface area contributed by atoms with Gasteiger partial charge in [0.25, 0.3) is 0 Å². The van der Waals surface area contributed by atoms with E-state index in [9.17, 15) is 4.79 Å². The molecule has 18 heavy (non-hydrogen) atoms. The Hall–Kier alpha value is -2.29. The van der Waals surface area contributed by atoms with Crippen LogP contribution in [0.25, 0.3) is 16.4 Å². The summed E-state index contributed by atoms with van der Waals surface area (Å²) in [6.07, 6.45) is 1.99. The Labute approximate surface area is 105 Å². The maximum atomic E-state index is 12.0. The molecule has 0 saturated carbocycles.